The minimum Gasteiger partial charge on any atom is -0.349 e. The Kier molecular flexibility index (Phi) is 6.46. The Labute approximate surface area is 200 Å². The summed E-state index contributed by atoms with van der Waals surface area (Å²) < 4.78 is 0. The highest BCUT2D eigenvalue weighted by molar-refractivity contribution is 6.11. The van der Waals surface area contributed by atoms with Crippen molar-refractivity contribution < 1.29 is 9.59 Å². The summed E-state index contributed by atoms with van der Waals surface area (Å²) in [7, 11) is 0. The van der Waals surface area contributed by atoms with Gasteiger partial charge in [0.2, 0.25) is 5.91 Å². The zero-order valence-electron chi connectivity index (χ0n) is 19.9. The molecule has 1 atom stereocenters. The summed E-state index contributed by atoms with van der Waals surface area (Å²) in [5, 5.41) is 3.08. The van der Waals surface area contributed by atoms with Crippen LogP contribution < -0.4 is 5.32 Å². The maximum atomic E-state index is 14.0. The molecule has 4 rings (SSSR count). The predicted molar refractivity (Wildman–Crippen MR) is 137 cm³/mol. The minimum absolute atomic E-state index is 0.256. The average Bonchev–Trinajstić information content (AvgIpc) is 2.93. The third kappa shape index (κ3) is 4.99. The van der Waals surface area contributed by atoms with E-state index in [2.05, 4.69) is 5.32 Å². The highest BCUT2D eigenvalue weighted by Gasteiger charge is 2.39. The molecule has 172 valence electrons. The number of amides is 2. The molecule has 1 aliphatic rings. The molecule has 1 aliphatic heterocycles. The molecule has 0 saturated heterocycles. The molecule has 5 nitrogen and oxygen atoms in total. The van der Waals surface area contributed by atoms with Crippen LogP contribution >= 0.6 is 0 Å². The van der Waals surface area contributed by atoms with Gasteiger partial charge in [-0.25, -0.2) is 0 Å². The predicted octanol–water partition coefficient (Wildman–Crippen LogP) is 5.93. The fourth-order valence-corrected chi connectivity index (χ4v) is 4.04. The van der Waals surface area contributed by atoms with E-state index in [-0.39, 0.29) is 11.8 Å². The first-order valence-corrected chi connectivity index (χ1v) is 11.4. The minimum atomic E-state index is -0.890. The smallest absolute Gasteiger partial charge is 0.259 e. The number of rotatable bonds is 3. The van der Waals surface area contributed by atoms with Crippen molar-refractivity contribution in [3.8, 4) is 0 Å². The molecule has 3 aromatic carbocycles. The van der Waals surface area contributed by atoms with E-state index in [0.717, 1.165) is 5.56 Å². The molecule has 34 heavy (non-hydrogen) atoms. The second-order valence-electron chi connectivity index (χ2n) is 9.38. The van der Waals surface area contributed by atoms with Crippen LogP contribution in [0.15, 0.2) is 95.6 Å². The molecular formula is C29H29N3O2. The van der Waals surface area contributed by atoms with Gasteiger partial charge < -0.3 is 5.32 Å². The number of nitrogens with zero attached hydrogens (tertiary/aromatic N) is 2. The lowest BCUT2D eigenvalue weighted by atomic mass is 9.98. The second kappa shape index (κ2) is 9.48. The normalized spacial score (nSPS) is 16.9. The summed E-state index contributed by atoms with van der Waals surface area (Å²) in [6, 6.07) is 25.4. The first-order chi connectivity index (χ1) is 16.2. The maximum Gasteiger partial charge on any atom is 0.259 e. The van der Waals surface area contributed by atoms with Crippen LogP contribution in [0.4, 0.5) is 5.69 Å². The van der Waals surface area contributed by atoms with Crippen molar-refractivity contribution >= 4 is 29.3 Å². The molecule has 1 heterocycles. The quantitative estimate of drug-likeness (QED) is 0.536. The van der Waals surface area contributed by atoms with Crippen molar-refractivity contribution in [1.82, 2.24) is 10.2 Å². The number of benzene rings is 3. The van der Waals surface area contributed by atoms with E-state index in [0.29, 0.717) is 28.2 Å². The molecule has 0 aliphatic carbocycles. The van der Waals surface area contributed by atoms with Gasteiger partial charge in [0, 0.05) is 16.7 Å². The number of fused-ring (bicyclic) bond motifs is 1. The Morgan fingerprint density at radius 3 is 2.12 bits per heavy atom. The zero-order chi connectivity index (χ0) is 24.3. The van der Waals surface area contributed by atoms with Crippen LogP contribution in [0.3, 0.4) is 0 Å². The maximum absolute atomic E-state index is 14.0. The Morgan fingerprint density at radius 1 is 0.882 bits per heavy atom. The van der Waals surface area contributed by atoms with Crippen molar-refractivity contribution in [2.24, 2.45) is 4.99 Å². The van der Waals surface area contributed by atoms with Gasteiger partial charge in [-0.3, -0.25) is 19.5 Å². The average molecular weight is 452 g/mol. The third-order valence-electron chi connectivity index (χ3n) is 5.50. The van der Waals surface area contributed by atoms with Crippen LogP contribution in [0.25, 0.3) is 6.08 Å². The SMILES string of the molecule is CC1=Nc2ccccc2C(C(=O)NC(C)(C)C)N(C(=O)c2ccccc2)/C1=C/c1ccccc1. The first-order valence-electron chi connectivity index (χ1n) is 11.4. The third-order valence-corrected chi connectivity index (χ3v) is 5.50. The van der Waals surface area contributed by atoms with Crippen molar-refractivity contribution in [2.75, 3.05) is 0 Å². The molecule has 1 N–H and O–H groups in total. The highest BCUT2D eigenvalue weighted by Crippen LogP contribution is 2.38. The van der Waals surface area contributed by atoms with E-state index in [1.165, 1.54) is 0 Å². The molecule has 2 amide bonds. The van der Waals surface area contributed by atoms with E-state index in [1.807, 2.05) is 107 Å². The molecule has 3 aromatic rings. The van der Waals surface area contributed by atoms with Gasteiger partial charge in [-0.2, -0.15) is 0 Å². The first kappa shape index (κ1) is 23.2. The summed E-state index contributed by atoms with van der Waals surface area (Å²) in [6.07, 6.45) is 1.92. The lowest BCUT2D eigenvalue weighted by Gasteiger charge is -2.34. The summed E-state index contributed by atoms with van der Waals surface area (Å²) >= 11 is 0. The highest BCUT2D eigenvalue weighted by atomic mass is 16.2. The number of nitrogens with one attached hydrogen (secondary N) is 1. The van der Waals surface area contributed by atoms with Crippen molar-refractivity contribution in [3.05, 3.63) is 107 Å². The van der Waals surface area contributed by atoms with Gasteiger partial charge in [-0.05, 0) is 57.5 Å². The van der Waals surface area contributed by atoms with Gasteiger partial charge in [-0.15, -0.1) is 0 Å². The van der Waals surface area contributed by atoms with Gasteiger partial charge >= 0.3 is 0 Å². The van der Waals surface area contributed by atoms with Crippen LogP contribution in [0.1, 0.15) is 55.2 Å². The molecule has 1 unspecified atom stereocenters. The zero-order valence-corrected chi connectivity index (χ0v) is 19.9. The molecule has 0 spiro atoms. The van der Waals surface area contributed by atoms with Gasteiger partial charge in [0.15, 0.2) is 0 Å². The number of allylic oxidation sites excluding steroid dienone is 1. The van der Waals surface area contributed by atoms with Crippen LogP contribution in [0.2, 0.25) is 0 Å². The van der Waals surface area contributed by atoms with E-state index >= 15 is 0 Å². The summed E-state index contributed by atoms with van der Waals surface area (Å²) in [5.41, 5.74) is 3.55. The van der Waals surface area contributed by atoms with Gasteiger partial charge in [0.1, 0.15) is 6.04 Å². The Balaban J connectivity index is 1.98. The van der Waals surface area contributed by atoms with Crippen LogP contribution in [-0.2, 0) is 4.79 Å². The standard InChI is InChI=1S/C29H29N3O2/c1-20-25(19-21-13-7-5-8-14-21)32(28(34)22-15-9-6-10-16-22)26(27(33)31-29(2,3)4)23-17-11-12-18-24(23)30-20/h5-19,26H,1-4H3,(H,31,33)/b25-19+. The van der Waals surface area contributed by atoms with Gasteiger partial charge in [0.25, 0.3) is 5.91 Å². The molecule has 0 radical (unpaired) electrons. The molecule has 0 bridgehead atoms. The van der Waals surface area contributed by atoms with E-state index in [1.54, 1.807) is 17.0 Å². The van der Waals surface area contributed by atoms with Gasteiger partial charge in [0.05, 0.1) is 17.1 Å². The Morgan fingerprint density at radius 2 is 1.47 bits per heavy atom. The number of carbonyl (C=O) groups excluding carboxylic acids is 2. The number of aliphatic imine (C=N–C) groups is 1. The molecule has 0 saturated carbocycles. The Hall–Kier alpha value is -3.99. The topological polar surface area (TPSA) is 61.8 Å². The number of carbonyl (C=O) groups is 2. The summed E-state index contributed by atoms with van der Waals surface area (Å²) in [6.45, 7) is 7.67. The second-order valence-corrected chi connectivity index (χ2v) is 9.38. The van der Waals surface area contributed by atoms with Crippen LogP contribution in [0, 0.1) is 0 Å². The monoisotopic (exact) mass is 451 g/mol. The van der Waals surface area contributed by atoms with Gasteiger partial charge in [-0.1, -0.05) is 66.7 Å². The molecule has 0 aromatic heterocycles. The van der Waals surface area contributed by atoms with E-state index in [9.17, 15) is 9.59 Å². The number of hydrogen-bond donors (Lipinski definition) is 1. The lowest BCUT2D eigenvalue weighted by Crippen LogP contribution is -2.49. The van der Waals surface area contributed by atoms with E-state index < -0.39 is 11.6 Å². The summed E-state index contributed by atoms with van der Waals surface area (Å²) in [4.78, 5) is 34.3. The Bertz CT molecular complexity index is 1260. The van der Waals surface area contributed by atoms with Crippen molar-refractivity contribution in [3.63, 3.8) is 0 Å². The fraction of sp³-hybridized carbons (Fsp3) is 0.207. The molecule has 5 heteroatoms. The fourth-order valence-electron chi connectivity index (χ4n) is 4.04. The van der Waals surface area contributed by atoms with Crippen molar-refractivity contribution in [1.29, 1.82) is 0 Å². The molecular weight excluding hydrogens is 422 g/mol. The summed E-state index contributed by atoms with van der Waals surface area (Å²) in [5.74, 6) is -0.517. The van der Waals surface area contributed by atoms with Crippen LogP contribution in [-0.4, -0.2) is 28.0 Å². The lowest BCUT2D eigenvalue weighted by molar-refractivity contribution is -0.126. The number of hydrogen-bond acceptors (Lipinski definition) is 3. The van der Waals surface area contributed by atoms with Crippen molar-refractivity contribution in [2.45, 2.75) is 39.3 Å². The number of para-hydroxylation sites is 1. The van der Waals surface area contributed by atoms with E-state index in [4.69, 9.17) is 4.99 Å². The van der Waals surface area contributed by atoms with Crippen LogP contribution in [0.5, 0.6) is 0 Å². The molecule has 0 fully saturated rings. The largest absolute Gasteiger partial charge is 0.349 e.